The van der Waals surface area contributed by atoms with Crippen LogP contribution in [0.1, 0.15) is 63.4 Å². The number of benzene rings is 1. The zero-order valence-electron chi connectivity index (χ0n) is 21.1. The van der Waals surface area contributed by atoms with E-state index >= 15 is 0 Å². The molecule has 3 aromatic rings. The molecule has 0 radical (unpaired) electrons. The molecule has 6 rings (SSSR count). The molecule has 0 unspecified atom stereocenters. The van der Waals surface area contributed by atoms with Crippen molar-refractivity contribution in [3.8, 4) is 11.3 Å². The van der Waals surface area contributed by atoms with Gasteiger partial charge in [0.2, 0.25) is 0 Å². The van der Waals surface area contributed by atoms with Crippen molar-refractivity contribution in [2.45, 2.75) is 38.1 Å². The van der Waals surface area contributed by atoms with E-state index in [0.29, 0.717) is 12.6 Å². The van der Waals surface area contributed by atoms with Gasteiger partial charge in [-0.3, -0.25) is 14.6 Å². The Bertz CT molecular complexity index is 1320. The first-order chi connectivity index (χ1) is 18.1. The number of aromatic nitrogens is 2. The molecule has 37 heavy (non-hydrogen) atoms. The summed E-state index contributed by atoms with van der Waals surface area (Å²) in [6.45, 7) is 4.87. The highest BCUT2D eigenvalue weighted by Gasteiger charge is 2.31. The van der Waals surface area contributed by atoms with Crippen molar-refractivity contribution in [1.82, 2.24) is 25.1 Å². The summed E-state index contributed by atoms with van der Waals surface area (Å²) in [6, 6.07) is 14.1. The SMILES string of the molecule is O=C1NCCc2[nH]c(-c3ccnc(/C=C/c4ccc(C(=O)N5CCC[C@@H]5CN5CCCC5)cc4)c3)cc21. The van der Waals surface area contributed by atoms with Crippen molar-refractivity contribution in [3.05, 3.63) is 76.7 Å². The Morgan fingerprint density at radius 3 is 2.68 bits per heavy atom. The highest BCUT2D eigenvalue weighted by Crippen LogP contribution is 2.25. The van der Waals surface area contributed by atoms with Crippen LogP contribution >= 0.6 is 0 Å². The summed E-state index contributed by atoms with van der Waals surface area (Å²) >= 11 is 0. The Hall–Kier alpha value is -3.71. The minimum absolute atomic E-state index is 0.0216. The monoisotopic (exact) mass is 495 g/mol. The van der Waals surface area contributed by atoms with Crippen LogP contribution in [0, 0.1) is 0 Å². The summed E-state index contributed by atoms with van der Waals surface area (Å²) in [6.07, 6.45) is 11.3. The zero-order valence-corrected chi connectivity index (χ0v) is 21.1. The third kappa shape index (κ3) is 5.09. The maximum absolute atomic E-state index is 13.2. The normalized spacial score (nSPS) is 19.9. The fourth-order valence-electron chi connectivity index (χ4n) is 5.80. The maximum atomic E-state index is 13.2. The average molecular weight is 496 g/mol. The number of aromatic amines is 1. The van der Waals surface area contributed by atoms with Gasteiger partial charge >= 0.3 is 0 Å². The number of H-pyrrole nitrogens is 1. The second-order valence-electron chi connectivity index (χ2n) is 10.3. The van der Waals surface area contributed by atoms with Gasteiger partial charge in [-0.2, -0.15) is 0 Å². The van der Waals surface area contributed by atoms with Gasteiger partial charge in [-0.1, -0.05) is 18.2 Å². The molecule has 2 fully saturated rings. The first-order valence-electron chi connectivity index (χ1n) is 13.4. The Kier molecular flexibility index (Phi) is 6.62. The van der Waals surface area contributed by atoms with Gasteiger partial charge in [-0.25, -0.2) is 0 Å². The van der Waals surface area contributed by atoms with Crippen LogP contribution in [-0.4, -0.2) is 70.3 Å². The van der Waals surface area contributed by atoms with Gasteiger partial charge in [-0.15, -0.1) is 0 Å². The van der Waals surface area contributed by atoms with Crippen LogP contribution < -0.4 is 5.32 Å². The number of fused-ring (bicyclic) bond motifs is 1. The molecule has 190 valence electrons. The Balaban J connectivity index is 1.12. The number of hydrogen-bond donors (Lipinski definition) is 2. The van der Waals surface area contributed by atoms with E-state index in [9.17, 15) is 9.59 Å². The smallest absolute Gasteiger partial charge is 0.254 e. The average Bonchev–Trinajstić information content (AvgIpc) is 3.70. The number of rotatable bonds is 6. The van der Waals surface area contributed by atoms with Crippen molar-refractivity contribution in [2.24, 2.45) is 0 Å². The van der Waals surface area contributed by atoms with Crippen molar-refractivity contribution in [3.63, 3.8) is 0 Å². The van der Waals surface area contributed by atoms with Gasteiger partial charge in [0.1, 0.15) is 0 Å². The van der Waals surface area contributed by atoms with E-state index in [2.05, 4.69) is 25.1 Å². The van der Waals surface area contributed by atoms with Crippen molar-refractivity contribution >= 4 is 24.0 Å². The van der Waals surface area contributed by atoms with Crippen LogP contribution in [0.2, 0.25) is 0 Å². The first-order valence-corrected chi connectivity index (χ1v) is 13.4. The number of pyridine rings is 1. The van der Waals surface area contributed by atoms with Crippen molar-refractivity contribution in [1.29, 1.82) is 0 Å². The number of likely N-dealkylation sites (tertiary alicyclic amines) is 2. The third-order valence-corrected chi connectivity index (χ3v) is 7.81. The zero-order chi connectivity index (χ0) is 25.2. The molecule has 3 aliphatic heterocycles. The fourth-order valence-corrected chi connectivity index (χ4v) is 5.80. The number of carbonyl (C=O) groups is 2. The van der Waals surface area contributed by atoms with Gasteiger partial charge in [0, 0.05) is 60.8 Å². The molecular weight excluding hydrogens is 462 g/mol. The first kappa shape index (κ1) is 23.7. The second-order valence-corrected chi connectivity index (χ2v) is 10.3. The largest absolute Gasteiger partial charge is 0.358 e. The van der Waals surface area contributed by atoms with Crippen LogP contribution in [-0.2, 0) is 6.42 Å². The van der Waals surface area contributed by atoms with Crippen LogP contribution in [0.4, 0.5) is 0 Å². The summed E-state index contributed by atoms with van der Waals surface area (Å²) in [4.78, 5) is 37.8. The Morgan fingerprint density at radius 1 is 1.03 bits per heavy atom. The van der Waals surface area contributed by atoms with Crippen LogP contribution in [0.5, 0.6) is 0 Å². The topological polar surface area (TPSA) is 81.3 Å². The van der Waals surface area contributed by atoms with Crippen LogP contribution in [0.15, 0.2) is 48.7 Å². The quantitative estimate of drug-likeness (QED) is 0.536. The van der Waals surface area contributed by atoms with Crippen LogP contribution in [0.3, 0.4) is 0 Å². The molecule has 0 spiro atoms. The van der Waals surface area contributed by atoms with E-state index in [0.717, 1.165) is 71.7 Å². The Labute approximate surface area is 217 Å². The summed E-state index contributed by atoms with van der Waals surface area (Å²) in [5.74, 6) is 0.126. The highest BCUT2D eigenvalue weighted by molar-refractivity contribution is 5.98. The molecule has 2 aromatic heterocycles. The highest BCUT2D eigenvalue weighted by atomic mass is 16.2. The fraction of sp³-hybridized carbons (Fsp3) is 0.367. The predicted molar refractivity (Wildman–Crippen MR) is 145 cm³/mol. The van der Waals surface area contributed by atoms with Crippen LogP contribution in [0.25, 0.3) is 23.4 Å². The van der Waals surface area contributed by atoms with E-state index in [1.807, 2.05) is 54.6 Å². The molecule has 0 bridgehead atoms. The maximum Gasteiger partial charge on any atom is 0.254 e. The lowest BCUT2D eigenvalue weighted by molar-refractivity contribution is 0.0708. The predicted octanol–water partition coefficient (Wildman–Crippen LogP) is 4.23. The lowest BCUT2D eigenvalue weighted by Crippen LogP contribution is -2.42. The van der Waals surface area contributed by atoms with Crippen molar-refractivity contribution < 1.29 is 9.59 Å². The van der Waals surface area contributed by atoms with Gasteiger partial charge < -0.3 is 20.1 Å². The second kappa shape index (κ2) is 10.3. The molecule has 0 aliphatic carbocycles. The number of amides is 2. The third-order valence-electron chi connectivity index (χ3n) is 7.81. The lowest BCUT2D eigenvalue weighted by atomic mass is 10.1. The van der Waals surface area contributed by atoms with Gasteiger partial charge in [0.25, 0.3) is 11.8 Å². The number of nitrogens with one attached hydrogen (secondary N) is 2. The van der Waals surface area contributed by atoms with E-state index in [1.165, 1.54) is 25.9 Å². The summed E-state index contributed by atoms with van der Waals surface area (Å²) in [5.41, 5.74) is 6.23. The molecule has 3 aliphatic rings. The molecular formula is C30H33N5O2. The minimum atomic E-state index is -0.0216. The van der Waals surface area contributed by atoms with Crippen molar-refractivity contribution in [2.75, 3.05) is 32.7 Å². The molecule has 5 heterocycles. The Morgan fingerprint density at radius 2 is 1.86 bits per heavy atom. The standard InChI is InChI=1S/C30H33N5O2/c36-29-26-19-28(33-27(26)12-14-32-29)23-11-13-31-24(18-23)10-7-21-5-8-22(9-6-21)30(37)35-17-3-4-25(35)20-34-15-1-2-16-34/h5-11,13,18-19,25,33H,1-4,12,14-17,20H2,(H,32,36)/b10-7+/t25-/m1/s1. The molecule has 1 atom stereocenters. The minimum Gasteiger partial charge on any atom is -0.358 e. The molecule has 0 saturated carbocycles. The van der Waals surface area contributed by atoms with Gasteiger partial charge in [0.15, 0.2) is 0 Å². The van der Waals surface area contributed by atoms with E-state index < -0.39 is 0 Å². The van der Waals surface area contributed by atoms with Gasteiger partial charge in [0.05, 0.1) is 11.3 Å². The summed E-state index contributed by atoms with van der Waals surface area (Å²) in [7, 11) is 0. The van der Waals surface area contributed by atoms with E-state index in [4.69, 9.17) is 0 Å². The lowest BCUT2D eigenvalue weighted by Gasteiger charge is -2.28. The molecule has 7 nitrogen and oxygen atoms in total. The molecule has 2 N–H and O–H groups in total. The van der Waals surface area contributed by atoms with E-state index in [-0.39, 0.29) is 11.8 Å². The molecule has 2 amide bonds. The number of nitrogens with zero attached hydrogens (tertiary/aromatic N) is 3. The summed E-state index contributed by atoms with van der Waals surface area (Å²) in [5, 5.41) is 2.89. The number of carbonyl (C=O) groups excluding carboxylic acids is 2. The molecule has 1 aromatic carbocycles. The molecule has 2 saturated heterocycles. The van der Waals surface area contributed by atoms with Gasteiger partial charge in [-0.05, 0) is 80.7 Å². The molecule has 7 heteroatoms. The summed E-state index contributed by atoms with van der Waals surface area (Å²) < 4.78 is 0. The van der Waals surface area contributed by atoms with E-state index in [1.54, 1.807) is 6.20 Å². The number of hydrogen-bond acceptors (Lipinski definition) is 4.